The van der Waals surface area contributed by atoms with E-state index in [-0.39, 0.29) is 29.1 Å². The van der Waals surface area contributed by atoms with E-state index in [1.54, 1.807) is 0 Å². The van der Waals surface area contributed by atoms with Gasteiger partial charge < -0.3 is 4.74 Å². The number of hydroxylamine groups is 2. The topological polar surface area (TPSA) is 38.8 Å². The van der Waals surface area contributed by atoms with E-state index in [9.17, 15) is 4.79 Å². The van der Waals surface area contributed by atoms with Gasteiger partial charge in [-0.2, -0.15) is 5.06 Å². The van der Waals surface area contributed by atoms with Crippen LogP contribution in [0, 0.1) is 5.92 Å². The summed E-state index contributed by atoms with van der Waals surface area (Å²) in [5.74, 6) is -0.0950. The Bertz CT molecular complexity index is 417. The number of nitrogens with zero attached hydrogens (tertiary/aromatic N) is 1. The smallest absolute Gasteiger partial charge is 0.330 e. The zero-order chi connectivity index (χ0) is 18.4. The Hall–Kier alpha value is -0.870. The zero-order valence-corrected chi connectivity index (χ0v) is 16.6. The first-order valence-electron chi connectivity index (χ1n) is 9.43. The Morgan fingerprint density at radius 3 is 2.42 bits per heavy atom. The van der Waals surface area contributed by atoms with E-state index in [1.165, 1.54) is 31.8 Å². The number of piperidine rings is 1. The normalized spacial score (nSPS) is 26.1. The number of unbranched alkanes of at least 4 members (excludes halogenated alkanes) is 4. The van der Waals surface area contributed by atoms with Gasteiger partial charge in [0, 0.05) is 11.6 Å². The molecule has 140 valence electrons. The number of carbonyl (C=O) groups excluding carboxylic acids is 1. The molecule has 0 radical (unpaired) electrons. The largest absolute Gasteiger partial charge is 0.457 e. The molecule has 4 heteroatoms. The molecule has 0 aromatic heterocycles. The molecule has 24 heavy (non-hydrogen) atoms. The number of carbonyl (C=O) groups is 1. The molecule has 1 rings (SSSR count). The van der Waals surface area contributed by atoms with Gasteiger partial charge in [0.25, 0.3) is 0 Å². The molecule has 0 saturated carbocycles. The Kier molecular flexibility index (Phi) is 7.94. The predicted molar refractivity (Wildman–Crippen MR) is 98.6 cm³/mol. The molecule has 2 atom stereocenters. The highest BCUT2D eigenvalue weighted by Gasteiger charge is 2.53. The standard InChI is InChI=1S/C20H37NO3/c1-8-10-11-12-13-14-23-21-19(4,5)15-16(3)18(20(21,6)7)24-17(22)9-2/h9,16,18H,2,8,10-15H2,1,3-7H3. The first-order valence-corrected chi connectivity index (χ1v) is 9.43. The van der Waals surface area contributed by atoms with Gasteiger partial charge >= 0.3 is 5.97 Å². The maximum Gasteiger partial charge on any atom is 0.330 e. The molecule has 1 aliphatic heterocycles. The van der Waals surface area contributed by atoms with Crippen LogP contribution in [-0.2, 0) is 14.4 Å². The van der Waals surface area contributed by atoms with Crippen molar-refractivity contribution in [2.24, 2.45) is 5.92 Å². The fourth-order valence-corrected chi connectivity index (χ4v) is 4.21. The maximum absolute atomic E-state index is 11.7. The van der Waals surface area contributed by atoms with E-state index in [2.05, 4.69) is 53.2 Å². The van der Waals surface area contributed by atoms with Crippen LogP contribution in [0.2, 0.25) is 0 Å². The van der Waals surface area contributed by atoms with Crippen LogP contribution in [-0.4, -0.2) is 34.8 Å². The summed E-state index contributed by atoms with van der Waals surface area (Å²) in [5, 5.41) is 2.07. The summed E-state index contributed by atoms with van der Waals surface area (Å²) in [5.41, 5.74) is -0.479. The Morgan fingerprint density at radius 1 is 1.21 bits per heavy atom. The van der Waals surface area contributed by atoms with Crippen LogP contribution in [0.4, 0.5) is 0 Å². The predicted octanol–water partition coefficient (Wildman–Crippen LogP) is 4.89. The van der Waals surface area contributed by atoms with Crippen LogP contribution in [0.25, 0.3) is 0 Å². The van der Waals surface area contributed by atoms with Gasteiger partial charge in [0.1, 0.15) is 6.10 Å². The molecule has 1 saturated heterocycles. The van der Waals surface area contributed by atoms with Crippen molar-refractivity contribution in [2.45, 2.75) is 97.2 Å². The molecule has 1 fully saturated rings. The van der Waals surface area contributed by atoms with E-state index in [0.717, 1.165) is 12.8 Å². The first kappa shape index (κ1) is 21.2. The van der Waals surface area contributed by atoms with Gasteiger partial charge in [0.05, 0.1) is 12.1 Å². The van der Waals surface area contributed by atoms with Crippen molar-refractivity contribution in [3.8, 4) is 0 Å². The van der Waals surface area contributed by atoms with E-state index in [0.29, 0.717) is 6.61 Å². The second kappa shape index (κ2) is 9.00. The lowest BCUT2D eigenvalue weighted by atomic mass is 9.73. The highest BCUT2D eigenvalue weighted by Crippen LogP contribution is 2.43. The van der Waals surface area contributed by atoms with Crippen LogP contribution in [0.15, 0.2) is 12.7 Å². The summed E-state index contributed by atoms with van der Waals surface area (Å²) < 4.78 is 5.67. The highest BCUT2D eigenvalue weighted by molar-refractivity contribution is 5.81. The summed E-state index contributed by atoms with van der Waals surface area (Å²) in [7, 11) is 0. The number of rotatable bonds is 9. The number of hydrogen-bond acceptors (Lipinski definition) is 4. The summed E-state index contributed by atoms with van der Waals surface area (Å²) in [6.07, 6.45) is 8.02. The van der Waals surface area contributed by atoms with Crippen molar-refractivity contribution in [2.75, 3.05) is 6.61 Å². The molecular weight excluding hydrogens is 302 g/mol. The molecule has 0 bridgehead atoms. The number of hydrogen-bond donors (Lipinski definition) is 0. The van der Waals surface area contributed by atoms with Gasteiger partial charge in [-0.25, -0.2) is 4.79 Å². The van der Waals surface area contributed by atoms with Gasteiger partial charge in [0.15, 0.2) is 0 Å². The molecule has 0 spiro atoms. The third-order valence-electron chi connectivity index (χ3n) is 4.99. The average Bonchev–Trinajstić information content (AvgIpc) is 2.48. The molecule has 0 aliphatic carbocycles. The summed E-state index contributed by atoms with van der Waals surface area (Å²) >= 11 is 0. The summed E-state index contributed by atoms with van der Waals surface area (Å²) in [6.45, 7) is 17.2. The first-order chi connectivity index (χ1) is 11.2. The van der Waals surface area contributed by atoms with Crippen molar-refractivity contribution < 1.29 is 14.4 Å². The lowest BCUT2D eigenvalue weighted by molar-refractivity contribution is -0.312. The van der Waals surface area contributed by atoms with Crippen LogP contribution >= 0.6 is 0 Å². The average molecular weight is 340 g/mol. The van der Waals surface area contributed by atoms with Crippen molar-refractivity contribution >= 4 is 5.97 Å². The van der Waals surface area contributed by atoms with Crippen LogP contribution < -0.4 is 0 Å². The SMILES string of the molecule is C=CC(=O)OC1C(C)CC(C)(C)N(OCCCCCCC)C1(C)C. The van der Waals surface area contributed by atoms with Crippen LogP contribution in [0.1, 0.15) is 80.1 Å². The Labute approximate surface area is 148 Å². The minimum Gasteiger partial charge on any atom is -0.457 e. The van der Waals surface area contributed by atoms with E-state index < -0.39 is 0 Å². The van der Waals surface area contributed by atoms with Crippen molar-refractivity contribution in [1.29, 1.82) is 0 Å². The third-order valence-corrected chi connectivity index (χ3v) is 4.99. The van der Waals surface area contributed by atoms with Gasteiger partial charge in [0.2, 0.25) is 0 Å². The lowest BCUT2D eigenvalue weighted by Crippen LogP contribution is -2.67. The quantitative estimate of drug-likeness (QED) is 0.341. The summed E-state index contributed by atoms with van der Waals surface area (Å²) in [4.78, 5) is 17.9. The fourth-order valence-electron chi connectivity index (χ4n) is 4.21. The molecule has 2 unspecified atom stereocenters. The maximum atomic E-state index is 11.7. The van der Waals surface area contributed by atoms with Gasteiger partial charge in [-0.3, -0.25) is 4.84 Å². The monoisotopic (exact) mass is 339 g/mol. The van der Waals surface area contributed by atoms with Gasteiger partial charge in [-0.1, -0.05) is 46.1 Å². The highest BCUT2D eigenvalue weighted by atomic mass is 16.7. The number of ether oxygens (including phenoxy) is 1. The van der Waals surface area contributed by atoms with Crippen molar-refractivity contribution in [3.63, 3.8) is 0 Å². The molecule has 4 nitrogen and oxygen atoms in total. The second-order valence-corrected chi connectivity index (χ2v) is 8.25. The second-order valence-electron chi connectivity index (χ2n) is 8.25. The van der Waals surface area contributed by atoms with Crippen LogP contribution in [0.5, 0.6) is 0 Å². The molecule has 1 heterocycles. The third kappa shape index (κ3) is 5.32. The molecular formula is C20H37NO3. The minimum atomic E-state index is -0.386. The van der Waals surface area contributed by atoms with Gasteiger partial charge in [-0.15, -0.1) is 0 Å². The van der Waals surface area contributed by atoms with Gasteiger partial charge in [-0.05, 0) is 46.5 Å². The summed E-state index contributed by atoms with van der Waals surface area (Å²) in [6, 6.07) is 0. The molecule has 1 aliphatic rings. The van der Waals surface area contributed by atoms with E-state index in [1.807, 2.05) is 0 Å². The van der Waals surface area contributed by atoms with Crippen molar-refractivity contribution in [3.05, 3.63) is 12.7 Å². The van der Waals surface area contributed by atoms with Crippen molar-refractivity contribution in [1.82, 2.24) is 5.06 Å². The lowest BCUT2D eigenvalue weighted by Gasteiger charge is -2.56. The van der Waals surface area contributed by atoms with E-state index >= 15 is 0 Å². The molecule has 0 aromatic rings. The molecule has 0 aromatic carbocycles. The molecule has 0 amide bonds. The minimum absolute atomic E-state index is 0.0938. The number of esters is 1. The fraction of sp³-hybridized carbons (Fsp3) is 0.850. The Morgan fingerprint density at radius 2 is 1.83 bits per heavy atom. The zero-order valence-electron chi connectivity index (χ0n) is 16.6. The molecule has 0 N–H and O–H groups in total. The Balaban J connectivity index is 2.74. The van der Waals surface area contributed by atoms with Crippen LogP contribution in [0.3, 0.4) is 0 Å². The van der Waals surface area contributed by atoms with E-state index in [4.69, 9.17) is 9.57 Å².